The standard InChI is InChI=1S/C37H26O2/c1-38-36-32(29-20-11-19-28(23-29)25-13-5-2-6-14-25)24-33-31-22-12-21-30(26-15-7-3-8-16-26)35(31)39-37(33)34(36)27-17-9-4-10-18-27/h2-24H,1H3. The summed E-state index contributed by atoms with van der Waals surface area (Å²) >= 11 is 0. The number of benzene rings is 6. The van der Waals surface area contributed by atoms with Gasteiger partial charge in [-0.05, 0) is 39.9 Å². The summed E-state index contributed by atoms with van der Waals surface area (Å²) in [5, 5.41) is 2.16. The van der Waals surface area contributed by atoms with Crippen LogP contribution in [0.25, 0.3) is 66.4 Å². The fourth-order valence-electron chi connectivity index (χ4n) is 5.55. The van der Waals surface area contributed by atoms with Gasteiger partial charge in [-0.15, -0.1) is 0 Å². The van der Waals surface area contributed by atoms with E-state index in [1.807, 2.05) is 18.2 Å². The lowest BCUT2D eigenvalue weighted by atomic mass is 9.92. The lowest BCUT2D eigenvalue weighted by molar-refractivity contribution is 0.418. The lowest BCUT2D eigenvalue weighted by Gasteiger charge is -2.16. The minimum atomic E-state index is 0.805. The van der Waals surface area contributed by atoms with E-state index in [1.165, 1.54) is 11.1 Å². The van der Waals surface area contributed by atoms with E-state index in [0.29, 0.717) is 0 Å². The highest BCUT2D eigenvalue weighted by molar-refractivity contribution is 6.16. The predicted molar refractivity (Wildman–Crippen MR) is 162 cm³/mol. The van der Waals surface area contributed by atoms with Crippen molar-refractivity contribution < 1.29 is 9.15 Å². The van der Waals surface area contributed by atoms with E-state index in [-0.39, 0.29) is 0 Å². The Balaban J connectivity index is 1.56. The summed E-state index contributed by atoms with van der Waals surface area (Å²) in [6, 6.07) is 48.6. The molecule has 0 spiro atoms. The van der Waals surface area contributed by atoms with Crippen LogP contribution in [0.3, 0.4) is 0 Å². The molecule has 0 aliphatic rings. The minimum absolute atomic E-state index is 0.805. The molecule has 1 heterocycles. The first kappa shape index (κ1) is 23.1. The van der Waals surface area contributed by atoms with Crippen molar-refractivity contribution in [1.82, 2.24) is 0 Å². The second-order valence-corrected chi connectivity index (χ2v) is 9.67. The first-order chi connectivity index (χ1) is 19.3. The van der Waals surface area contributed by atoms with Gasteiger partial charge in [-0.3, -0.25) is 0 Å². The Morgan fingerprint density at radius 2 is 1.03 bits per heavy atom. The number of para-hydroxylation sites is 1. The van der Waals surface area contributed by atoms with Crippen LogP contribution in [0.2, 0.25) is 0 Å². The van der Waals surface area contributed by atoms with Crippen molar-refractivity contribution in [3.8, 4) is 50.3 Å². The topological polar surface area (TPSA) is 22.4 Å². The fraction of sp³-hybridized carbons (Fsp3) is 0.0270. The number of methoxy groups -OCH3 is 1. The molecule has 0 aliphatic carbocycles. The van der Waals surface area contributed by atoms with Crippen molar-refractivity contribution >= 4 is 21.9 Å². The predicted octanol–water partition coefficient (Wildman–Crippen LogP) is 10.3. The van der Waals surface area contributed by atoms with Gasteiger partial charge in [-0.2, -0.15) is 0 Å². The first-order valence-electron chi connectivity index (χ1n) is 13.1. The molecule has 0 aliphatic heterocycles. The van der Waals surface area contributed by atoms with Crippen LogP contribution in [0.1, 0.15) is 0 Å². The van der Waals surface area contributed by atoms with Gasteiger partial charge in [0.25, 0.3) is 0 Å². The number of fused-ring (bicyclic) bond motifs is 3. The van der Waals surface area contributed by atoms with Crippen molar-refractivity contribution in [1.29, 1.82) is 0 Å². The largest absolute Gasteiger partial charge is 0.495 e. The maximum absolute atomic E-state index is 6.77. The Kier molecular flexibility index (Phi) is 5.71. The SMILES string of the molecule is COc1c(-c2cccc(-c3ccccc3)c2)cc2c(oc3c(-c4ccccc4)cccc32)c1-c1ccccc1. The van der Waals surface area contributed by atoms with Crippen LogP contribution in [0.15, 0.2) is 144 Å². The van der Waals surface area contributed by atoms with Crippen LogP contribution < -0.4 is 4.74 Å². The number of furan rings is 1. The van der Waals surface area contributed by atoms with Crippen LogP contribution in [0.5, 0.6) is 5.75 Å². The van der Waals surface area contributed by atoms with Gasteiger partial charge in [0.05, 0.1) is 12.7 Å². The highest BCUT2D eigenvalue weighted by Crippen LogP contribution is 2.48. The summed E-state index contributed by atoms with van der Waals surface area (Å²) in [4.78, 5) is 0. The second kappa shape index (κ2) is 9.66. The second-order valence-electron chi connectivity index (χ2n) is 9.67. The highest BCUT2D eigenvalue weighted by atomic mass is 16.5. The monoisotopic (exact) mass is 502 g/mol. The van der Waals surface area contributed by atoms with E-state index >= 15 is 0 Å². The zero-order valence-corrected chi connectivity index (χ0v) is 21.6. The molecule has 0 amide bonds. The summed E-state index contributed by atoms with van der Waals surface area (Å²) in [5.74, 6) is 0.805. The molecule has 0 N–H and O–H groups in total. The minimum Gasteiger partial charge on any atom is -0.495 e. The number of hydrogen-bond acceptors (Lipinski definition) is 2. The van der Waals surface area contributed by atoms with Gasteiger partial charge in [0.15, 0.2) is 0 Å². The molecule has 0 atom stereocenters. The smallest absolute Gasteiger partial charge is 0.147 e. The van der Waals surface area contributed by atoms with E-state index in [1.54, 1.807) is 7.11 Å². The zero-order valence-electron chi connectivity index (χ0n) is 21.6. The molecular formula is C37H26O2. The van der Waals surface area contributed by atoms with Crippen molar-refractivity contribution in [3.05, 3.63) is 140 Å². The van der Waals surface area contributed by atoms with Crippen molar-refractivity contribution in [2.45, 2.75) is 0 Å². The summed E-state index contributed by atoms with van der Waals surface area (Å²) in [6.45, 7) is 0. The highest BCUT2D eigenvalue weighted by Gasteiger charge is 2.23. The van der Waals surface area contributed by atoms with Crippen molar-refractivity contribution in [2.24, 2.45) is 0 Å². The third-order valence-corrected chi connectivity index (χ3v) is 7.37. The summed E-state index contributed by atoms with van der Waals surface area (Å²) < 4.78 is 13.0. The Morgan fingerprint density at radius 3 is 1.72 bits per heavy atom. The molecule has 7 rings (SSSR count). The molecule has 39 heavy (non-hydrogen) atoms. The van der Waals surface area contributed by atoms with Crippen molar-refractivity contribution in [2.75, 3.05) is 7.11 Å². The summed E-state index contributed by atoms with van der Waals surface area (Å²) in [6.07, 6.45) is 0. The molecular weight excluding hydrogens is 476 g/mol. The molecule has 7 aromatic rings. The lowest BCUT2D eigenvalue weighted by Crippen LogP contribution is -1.93. The molecule has 2 nitrogen and oxygen atoms in total. The van der Waals surface area contributed by atoms with Gasteiger partial charge < -0.3 is 9.15 Å². The summed E-state index contributed by atoms with van der Waals surface area (Å²) in [7, 11) is 1.75. The van der Waals surface area contributed by atoms with Crippen molar-refractivity contribution in [3.63, 3.8) is 0 Å². The molecule has 1 aromatic heterocycles. The van der Waals surface area contributed by atoms with Gasteiger partial charge >= 0.3 is 0 Å². The van der Waals surface area contributed by atoms with Crippen LogP contribution in [-0.4, -0.2) is 7.11 Å². The molecule has 6 aromatic carbocycles. The molecule has 0 radical (unpaired) electrons. The van der Waals surface area contributed by atoms with E-state index in [9.17, 15) is 0 Å². The van der Waals surface area contributed by atoms with Crippen LogP contribution in [0, 0.1) is 0 Å². The van der Waals surface area contributed by atoms with Gasteiger partial charge in [-0.25, -0.2) is 0 Å². The Labute approximate surface area is 227 Å². The maximum atomic E-state index is 6.77. The number of hydrogen-bond donors (Lipinski definition) is 0. The van der Waals surface area contributed by atoms with E-state index in [2.05, 4.69) is 121 Å². The number of ether oxygens (including phenoxy) is 1. The molecule has 0 saturated carbocycles. The Morgan fingerprint density at radius 1 is 0.436 bits per heavy atom. The maximum Gasteiger partial charge on any atom is 0.147 e. The number of rotatable bonds is 5. The average molecular weight is 503 g/mol. The molecule has 0 fully saturated rings. The molecule has 0 bridgehead atoms. The van der Waals surface area contributed by atoms with Crippen LogP contribution in [0.4, 0.5) is 0 Å². The Hall–Kier alpha value is -5.08. The molecule has 186 valence electrons. The van der Waals surface area contributed by atoms with Gasteiger partial charge in [-0.1, -0.05) is 127 Å². The zero-order chi connectivity index (χ0) is 26.2. The van der Waals surface area contributed by atoms with E-state index in [4.69, 9.17) is 9.15 Å². The Bertz CT molecular complexity index is 1920. The van der Waals surface area contributed by atoms with Gasteiger partial charge in [0, 0.05) is 21.9 Å². The fourth-order valence-corrected chi connectivity index (χ4v) is 5.55. The third-order valence-electron chi connectivity index (χ3n) is 7.37. The molecule has 2 heteroatoms. The van der Waals surface area contributed by atoms with Gasteiger partial charge in [0.1, 0.15) is 16.9 Å². The summed E-state index contributed by atoms with van der Waals surface area (Å²) in [5.41, 5.74) is 10.4. The average Bonchev–Trinajstić information content (AvgIpc) is 3.40. The van der Waals surface area contributed by atoms with Crippen LogP contribution >= 0.6 is 0 Å². The van der Waals surface area contributed by atoms with E-state index in [0.717, 1.165) is 61.1 Å². The normalized spacial score (nSPS) is 11.2. The molecule has 0 unspecified atom stereocenters. The third kappa shape index (κ3) is 3.98. The first-order valence-corrected chi connectivity index (χ1v) is 13.1. The van der Waals surface area contributed by atoms with Crippen LogP contribution in [-0.2, 0) is 0 Å². The molecule has 0 saturated heterocycles. The van der Waals surface area contributed by atoms with Gasteiger partial charge in [0.2, 0.25) is 0 Å². The van der Waals surface area contributed by atoms with E-state index < -0.39 is 0 Å². The quantitative estimate of drug-likeness (QED) is 0.234.